The van der Waals surface area contributed by atoms with Gasteiger partial charge in [-0.15, -0.1) is 5.10 Å². The van der Waals surface area contributed by atoms with Crippen LogP contribution in [0.15, 0.2) is 28.9 Å². The molecule has 0 radical (unpaired) electrons. The van der Waals surface area contributed by atoms with Gasteiger partial charge in [0.1, 0.15) is 0 Å². The summed E-state index contributed by atoms with van der Waals surface area (Å²) < 4.78 is 25.5. The van der Waals surface area contributed by atoms with Gasteiger partial charge in [0.25, 0.3) is 11.8 Å². The maximum atomic E-state index is 13.9. The first-order valence-corrected chi connectivity index (χ1v) is 8.40. The molecule has 27 heavy (non-hydrogen) atoms. The SMILES string of the molecule is COc1ccc(C(=O)N2CC[C@H](n3cc(-c4nc(C)no4)nn3)C2)cc1F. The molecule has 3 heterocycles. The summed E-state index contributed by atoms with van der Waals surface area (Å²) in [5, 5.41) is 11.9. The van der Waals surface area contributed by atoms with Gasteiger partial charge in [-0.3, -0.25) is 4.79 Å². The van der Waals surface area contributed by atoms with Crippen molar-refractivity contribution in [1.29, 1.82) is 0 Å². The lowest BCUT2D eigenvalue weighted by atomic mass is 10.2. The lowest BCUT2D eigenvalue weighted by Crippen LogP contribution is -2.29. The zero-order valence-electron chi connectivity index (χ0n) is 14.8. The number of halogens is 1. The number of carbonyl (C=O) groups is 1. The molecule has 9 nitrogen and oxygen atoms in total. The van der Waals surface area contributed by atoms with Crippen LogP contribution in [0.4, 0.5) is 4.39 Å². The third-order valence-electron chi connectivity index (χ3n) is 4.48. The molecule has 1 amide bonds. The highest BCUT2D eigenvalue weighted by molar-refractivity contribution is 5.94. The van der Waals surface area contributed by atoms with Crippen LogP contribution in [0.2, 0.25) is 0 Å². The Bertz CT molecular complexity index is 985. The molecule has 1 saturated heterocycles. The van der Waals surface area contributed by atoms with E-state index < -0.39 is 5.82 Å². The maximum Gasteiger partial charge on any atom is 0.280 e. The number of methoxy groups -OCH3 is 1. The monoisotopic (exact) mass is 372 g/mol. The minimum Gasteiger partial charge on any atom is -0.494 e. The molecule has 1 atom stereocenters. The van der Waals surface area contributed by atoms with Gasteiger partial charge in [0, 0.05) is 18.7 Å². The zero-order valence-corrected chi connectivity index (χ0v) is 14.8. The van der Waals surface area contributed by atoms with Crippen LogP contribution in [-0.2, 0) is 0 Å². The number of likely N-dealkylation sites (tertiary alicyclic amines) is 1. The third-order valence-corrected chi connectivity index (χ3v) is 4.48. The fourth-order valence-electron chi connectivity index (χ4n) is 3.08. The summed E-state index contributed by atoms with van der Waals surface area (Å²) in [7, 11) is 1.38. The van der Waals surface area contributed by atoms with Crippen molar-refractivity contribution in [3.8, 4) is 17.3 Å². The van der Waals surface area contributed by atoms with Gasteiger partial charge in [0.15, 0.2) is 23.1 Å². The van der Waals surface area contributed by atoms with E-state index in [2.05, 4.69) is 20.5 Å². The molecule has 0 N–H and O–H groups in total. The molecular weight excluding hydrogens is 355 g/mol. The molecule has 10 heteroatoms. The van der Waals surface area contributed by atoms with Crippen molar-refractivity contribution in [2.75, 3.05) is 20.2 Å². The molecule has 1 aliphatic heterocycles. The van der Waals surface area contributed by atoms with Crippen molar-refractivity contribution in [2.24, 2.45) is 0 Å². The van der Waals surface area contributed by atoms with E-state index in [1.807, 2.05) is 0 Å². The molecule has 140 valence electrons. The number of carbonyl (C=O) groups excluding carboxylic acids is 1. The van der Waals surface area contributed by atoms with E-state index in [0.717, 1.165) is 6.42 Å². The normalized spacial score (nSPS) is 16.7. The summed E-state index contributed by atoms with van der Waals surface area (Å²) in [6.07, 6.45) is 2.44. The number of ether oxygens (including phenoxy) is 1. The number of hydrogen-bond donors (Lipinski definition) is 0. The Morgan fingerprint density at radius 3 is 2.96 bits per heavy atom. The number of rotatable bonds is 4. The van der Waals surface area contributed by atoms with Crippen LogP contribution in [0, 0.1) is 12.7 Å². The highest BCUT2D eigenvalue weighted by Gasteiger charge is 2.29. The van der Waals surface area contributed by atoms with Gasteiger partial charge < -0.3 is 14.2 Å². The van der Waals surface area contributed by atoms with Crippen LogP contribution >= 0.6 is 0 Å². The van der Waals surface area contributed by atoms with Crippen LogP contribution in [0.3, 0.4) is 0 Å². The summed E-state index contributed by atoms with van der Waals surface area (Å²) >= 11 is 0. The molecule has 0 bridgehead atoms. The molecule has 1 aliphatic rings. The van der Waals surface area contributed by atoms with E-state index in [1.54, 1.807) is 28.8 Å². The van der Waals surface area contributed by atoms with E-state index in [0.29, 0.717) is 30.5 Å². The Balaban J connectivity index is 1.46. The Labute approximate surface area is 153 Å². The van der Waals surface area contributed by atoms with Gasteiger partial charge >= 0.3 is 0 Å². The van der Waals surface area contributed by atoms with Crippen molar-refractivity contribution in [1.82, 2.24) is 30.0 Å². The molecule has 0 saturated carbocycles. The summed E-state index contributed by atoms with van der Waals surface area (Å²) in [6, 6.07) is 4.18. The average molecular weight is 372 g/mol. The van der Waals surface area contributed by atoms with Crippen molar-refractivity contribution in [2.45, 2.75) is 19.4 Å². The van der Waals surface area contributed by atoms with Gasteiger partial charge in [-0.05, 0) is 31.5 Å². The minimum atomic E-state index is -0.560. The number of nitrogens with zero attached hydrogens (tertiary/aromatic N) is 6. The first-order valence-electron chi connectivity index (χ1n) is 8.40. The topological polar surface area (TPSA) is 99.2 Å². The van der Waals surface area contributed by atoms with Crippen LogP contribution in [0.25, 0.3) is 11.6 Å². The molecule has 1 aromatic carbocycles. The third kappa shape index (κ3) is 3.25. The molecule has 1 fully saturated rings. The second kappa shape index (κ2) is 6.78. The van der Waals surface area contributed by atoms with E-state index in [1.165, 1.54) is 19.2 Å². The van der Waals surface area contributed by atoms with E-state index in [9.17, 15) is 9.18 Å². The fraction of sp³-hybridized carbons (Fsp3) is 0.353. The molecule has 2 aromatic heterocycles. The van der Waals surface area contributed by atoms with E-state index >= 15 is 0 Å². The summed E-state index contributed by atoms with van der Waals surface area (Å²) in [4.78, 5) is 18.4. The maximum absolute atomic E-state index is 13.9. The molecular formula is C17H17FN6O3. The van der Waals surface area contributed by atoms with Crippen LogP contribution in [-0.4, -0.2) is 56.1 Å². The summed E-state index contributed by atoms with van der Waals surface area (Å²) in [5.74, 6) is 0.140. The Morgan fingerprint density at radius 1 is 1.41 bits per heavy atom. The lowest BCUT2D eigenvalue weighted by Gasteiger charge is -2.17. The number of aromatic nitrogens is 5. The van der Waals surface area contributed by atoms with Crippen molar-refractivity contribution in [3.05, 3.63) is 41.6 Å². The number of benzene rings is 1. The van der Waals surface area contributed by atoms with E-state index in [-0.39, 0.29) is 23.3 Å². The fourth-order valence-corrected chi connectivity index (χ4v) is 3.08. The highest BCUT2D eigenvalue weighted by Crippen LogP contribution is 2.25. The highest BCUT2D eigenvalue weighted by atomic mass is 19.1. The van der Waals surface area contributed by atoms with Crippen molar-refractivity contribution >= 4 is 5.91 Å². The van der Waals surface area contributed by atoms with Crippen molar-refractivity contribution in [3.63, 3.8) is 0 Å². The van der Waals surface area contributed by atoms with Crippen LogP contribution in [0.5, 0.6) is 5.75 Å². The molecule has 4 rings (SSSR count). The van der Waals surface area contributed by atoms with Gasteiger partial charge in [-0.2, -0.15) is 4.98 Å². The Morgan fingerprint density at radius 2 is 2.26 bits per heavy atom. The first kappa shape index (κ1) is 17.1. The quantitative estimate of drug-likeness (QED) is 0.689. The smallest absolute Gasteiger partial charge is 0.280 e. The van der Waals surface area contributed by atoms with Gasteiger partial charge in [0.05, 0.1) is 19.3 Å². The van der Waals surface area contributed by atoms with Crippen LogP contribution in [0.1, 0.15) is 28.6 Å². The number of hydrogen-bond acceptors (Lipinski definition) is 7. The van der Waals surface area contributed by atoms with Crippen molar-refractivity contribution < 1.29 is 18.4 Å². The second-order valence-electron chi connectivity index (χ2n) is 6.27. The lowest BCUT2D eigenvalue weighted by molar-refractivity contribution is 0.0786. The summed E-state index contributed by atoms with van der Waals surface area (Å²) in [6.45, 7) is 2.73. The first-order chi connectivity index (χ1) is 13.0. The molecule has 0 unspecified atom stereocenters. The standard InChI is InChI=1S/C17H17FN6O3/c1-10-19-16(27-21-10)14-9-24(22-20-14)12-5-6-23(8-12)17(25)11-3-4-15(26-2)13(18)7-11/h3-4,7,9,12H,5-6,8H2,1-2H3/t12-/m0/s1. The second-order valence-corrected chi connectivity index (χ2v) is 6.27. The average Bonchev–Trinajstić information content (AvgIpc) is 3.40. The van der Waals surface area contributed by atoms with E-state index in [4.69, 9.17) is 9.26 Å². The number of aryl methyl sites for hydroxylation is 1. The Kier molecular flexibility index (Phi) is 4.30. The number of amides is 1. The molecule has 3 aromatic rings. The summed E-state index contributed by atoms with van der Waals surface area (Å²) in [5.41, 5.74) is 0.771. The van der Waals surface area contributed by atoms with Gasteiger partial charge in [-0.25, -0.2) is 9.07 Å². The predicted octanol–water partition coefficient (Wildman–Crippen LogP) is 1.87. The minimum absolute atomic E-state index is 0.0256. The van der Waals surface area contributed by atoms with Gasteiger partial charge in [0.2, 0.25) is 0 Å². The zero-order chi connectivity index (χ0) is 19.0. The Hall–Kier alpha value is -3.30. The van der Waals surface area contributed by atoms with Gasteiger partial charge in [-0.1, -0.05) is 10.4 Å². The predicted molar refractivity (Wildman–Crippen MR) is 90.6 cm³/mol. The molecule has 0 spiro atoms. The largest absolute Gasteiger partial charge is 0.494 e. The molecule has 0 aliphatic carbocycles. The van der Waals surface area contributed by atoms with Crippen LogP contribution < -0.4 is 4.74 Å².